The molecule has 10 heteroatoms. The molecule has 0 aliphatic carbocycles. The van der Waals surface area contributed by atoms with Crippen molar-refractivity contribution in [2.75, 3.05) is 43.0 Å². The molecule has 0 spiro atoms. The van der Waals surface area contributed by atoms with Crippen LogP contribution in [0.15, 0.2) is 52.3 Å². The fourth-order valence-corrected chi connectivity index (χ4v) is 5.89. The molecule has 0 bridgehead atoms. The highest BCUT2D eigenvalue weighted by molar-refractivity contribution is 7.93. The molecular formula is C19H25N3O5S2. The minimum absolute atomic E-state index is 0.0468. The third-order valence-corrected chi connectivity index (χ3v) is 7.94. The maximum Gasteiger partial charge on any atom is 0.265 e. The number of likely N-dealkylation sites (tertiary alicyclic amines) is 1. The number of sulfone groups is 1. The summed E-state index contributed by atoms with van der Waals surface area (Å²) in [5.74, 6) is -0.0248. The highest BCUT2D eigenvalue weighted by atomic mass is 32.2. The maximum absolute atomic E-state index is 12.9. The Balaban J connectivity index is 1.91. The summed E-state index contributed by atoms with van der Waals surface area (Å²) in [5, 5.41) is 0. The second-order valence-electron chi connectivity index (χ2n) is 6.87. The summed E-state index contributed by atoms with van der Waals surface area (Å²) in [6.45, 7) is 2.20. The highest BCUT2D eigenvalue weighted by Gasteiger charge is 2.25. The number of methoxy groups -OCH3 is 1. The van der Waals surface area contributed by atoms with E-state index in [9.17, 15) is 16.8 Å². The average molecular weight is 440 g/mol. The van der Waals surface area contributed by atoms with E-state index in [0.717, 1.165) is 32.0 Å². The van der Waals surface area contributed by atoms with E-state index in [2.05, 4.69) is 9.62 Å². The number of anilines is 2. The number of para-hydroxylation sites is 2. The summed E-state index contributed by atoms with van der Waals surface area (Å²) in [5.41, 5.74) is 6.28. The molecule has 3 rings (SSSR count). The summed E-state index contributed by atoms with van der Waals surface area (Å²) in [7, 11) is -6.45. The number of ether oxygens (including phenoxy) is 1. The molecule has 0 aromatic heterocycles. The third-order valence-electron chi connectivity index (χ3n) is 4.86. The smallest absolute Gasteiger partial charge is 0.265 e. The number of benzene rings is 2. The molecule has 0 saturated carbocycles. The molecule has 2 aromatic rings. The second-order valence-corrected chi connectivity index (χ2v) is 10.6. The fourth-order valence-electron chi connectivity index (χ4n) is 3.22. The van der Waals surface area contributed by atoms with Crippen LogP contribution in [0, 0.1) is 0 Å². The van der Waals surface area contributed by atoms with E-state index < -0.39 is 19.9 Å². The molecule has 0 unspecified atom stereocenters. The summed E-state index contributed by atoms with van der Waals surface area (Å²) >= 11 is 0. The van der Waals surface area contributed by atoms with Crippen LogP contribution in [0.25, 0.3) is 0 Å². The van der Waals surface area contributed by atoms with Gasteiger partial charge in [-0.25, -0.2) is 16.8 Å². The lowest BCUT2D eigenvalue weighted by Gasteiger charge is -2.16. The minimum atomic E-state index is -4.12. The van der Waals surface area contributed by atoms with Crippen molar-refractivity contribution in [3.8, 4) is 5.75 Å². The molecule has 1 aliphatic heterocycles. The van der Waals surface area contributed by atoms with E-state index in [0.29, 0.717) is 6.54 Å². The number of nitrogens with two attached hydrogens (primary N) is 1. The van der Waals surface area contributed by atoms with Crippen LogP contribution in [0.2, 0.25) is 0 Å². The first kappa shape index (κ1) is 21.4. The van der Waals surface area contributed by atoms with Crippen molar-refractivity contribution in [2.24, 2.45) is 0 Å². The molecule has 2 aromatic carbocycles. The van der Waals surface area contributed by atoms with E-state index in [-0.39, 0.29) is 32.7 Å². The largest absolute Gasteiger partial charge is 0.495 e. The summed E-state index contributed by atoms with van der Waals surface area (Å²) in [6, 6.07) is 10.3. The molecule has 0 radical (unpaired) electrons. The molecule has 0 atom stereocenters. The van der Waals surface area contributed by atoms with E-state index in [4.69, 9.17) is 10.5 Å². The number of nitrogens with zero attached hydrogens (tertiary/aromatic N) is 1. The van der Waals surface area contributed by atoms with Gasteiger partial charge in [0.2, 0.25) is 0 Å². The van der Waals surface area contributed by atoms with Crippen molar-refractivity contribution in [3.05, 3.63) is 42.5 Å². The monoisotopic (exact) mass is 439 g/mol. The standard InChI is InChI=1S/C19H25N3O5S2/c1-27-18-9-8-15(28(23,24)13-12-22-10-4-5-11-22)14-19(18)29(25,26)21-17-7-3-2-6-16(17)20/h2-3,6-9,14,21H,4-5,10-13,20H2,1H3. The molecule has 158 valence electrons. The molecule has 1 fully saturated rings. The van der Waals surface area contributed by atoms with E-state index in [1.54, 1.807) is 18.2 Å². The van der Waals surface area contributed by atoms with Gasteiger partial charge in [0.1, 0.15) is 10.6 Å². The summed E-state index contributed by atoms with van der Waals surface area (Å²) in [4.78, 5) is 1.78. The Bertz CT molecular complexity index is 1080. The van der Waals surface area contributed by atoms with Crippen molar-refractivity contribution >= 4 is 31.2 Å². The van der Waals surface area contributed by atoms with E-state index in [1.165, 1.54) is 25.3 Å². The zero-order valence-electron chi connectivity index (χ0n) is 16.2. The van der Waals surface area contributed by atoms with Gasteiger partial charge in [-0.2, -0.15) is 0 Å². The molecule has 0 amide bonds. The van der Waals surface area contributed by atoms with Gasteiger partial charge in [-0.1, -0.05) is 12.1 Å². The minimum Gasteiger partial charge on any atom is -0.495 e. The lowest BCUT2D eigenvalue weighted by Crippen LogP contribution is -2.26. The predicted octanol–water partition coefficient (Wildman–Crippen LogP) is 1.95. The van der Waals surface area contributed by atoms with Gasteiger partial charge >= 0.3 is 0 Å². The van der Waals surface area contributed by atoms with Crippen molar-refractivity contribution in [1.82, 2.24) is 4.90 Å². The number of nitrogens with one attached hydrogen (secondary N) is 1. The average Bonchev–Trinajstić information content (AvgIpc) is 3.21. The molecule has 29 heavy (non-hydrogen) atoms. The van der Waals surface area contributed by atoms with E-state index >= 15 is 0 Å². The van der Waals surface area contributed by atoms with Crippen molar-refractivity contribution in [1.29, 1.82) is 0 Å². The number of nitrogen functional groups attached to an aromatic ring is 1. The Labute approximate surface area is 171 Å². The Morgan fingerprint density at radius 2 is 1.76 bits per heavy atom. The lowest BCUT2D eigenvalue weighted by molar-refractivity contribution is 0.359. The summed E-state index contributed by atoms with van der Waals surface area (Å²) in [6.07, 6.45) is 2.14. The van der Waals surface area contributed by atoms with Crippen molar-refractivity contribution in [2.45, 2.75) is 22.6 Å². The number of hydrogen-bond donors (Lipinski definition) is 2. The van der Waals surface area contributed by atoms with Gasteiger partial charge in [-0.15, -0.1) is 0 Å². The SMILES string of the molecule is COc1ccc(S(=O)(=O)CCN2CCCC2)cc1S(=O)(=O)Nc1ccccc1N. The van der Waals surface area contributed by atoms with Gasteiger partial charge in [0, 0.05) is 6.54 Å². The lowest BCUT2D eigenvalue weighted by atomic mass is 10.3. The van der Waals surface area contributed by atoms with Crippen LogP contribution >= 0.6 is 0 Å². The maximum atomic E-state index is 12.9. The first-order valence-electron chi connectivity index (χ1n) is 9.23. The van der Waals surface area contributed by atoms with Gasteiger partial charge in [0.05, 0.1) is 29.1 Å². The Morgan fingerprint density at radius 1 is 1.07 bits per heavy atom. The molecule has 3 N–H and O–H groups in total. The number of hydrogen-bond acceptors (Lipinski definition) is 7. The number of rotatable bonds is 8. The van der Waals surface area contributed by atoms with Gasteiger partial charge < -0.3 is 15.4 Å². The molecule has 8 nitrogen and oxygen atoms in total. The topological polar surface area (TPSA) is 119 Å². The van der Waals surface area contributed by atoms with Crippen LogP contribution in [-0.2, 0) is 19.9 Å². The third kappa shape index (κ3) is 5.01. The molecule has 1 heterocycles. The van der Waals surface area contributed by atoms with Crippen LogP contribution in [-0.4, -0.2) is 54.2 Å². The Kier molecular flexibility index (Phi) is 6.35. The van der Waals surface area contributed by atoms with Crippen LogP contribution in [0.4, 0.5) is 11.4 Å². The first-order valence-corrected chi connectivity index (χ1v) is 12.4. The normalized spacial score (nSPS) is 15.3. The van der Waals surface area contributed by atoms with Crippen molar-refractivity contribution in [3.63, 3.8) is 0 Å². The van der Waals surface area contributed by atoms with Crippen LogP contribution in [0.3, 0.4) is 0 Å². The zero-order chi connectivity index (χ0) is 21.1. The first-order chi connectivity index (χ1) is 13.7. The highest BCUT2D eigenvalue weighted by Crippen LogP contribution is 2.30. The molecule has 1 aliphatic rings. The van der Waals surface area contributed by atoms with Crippen LogP contribution in [0.1, 0.15) is 12.8 Å². The van der Waals surface area contributed by atoms with Crippen molar-refractivity contribution < 1.29 is 21.6 Å². The zero-order valence-corrected chi connectivity index (χ0v) is 17.8. The molecular weight excluding hydrogens is 414 g/mol. The predicted molar refractivity (Wildman–Crippen MR) is 112 cm³/mol. The van der Waals surface area contributed by atoms with E-state index in [1.807, 2.05) is 0 Å². The fraction of sp³-hybridized carbons (Fsp3) is 0.368. The van der Waals surface area contributed by atoms with Crippen LogP contribution < -0.4 is 15.2 Å². The Morgan fingerprint density at radius 3 is 2.41 bits per heavy atom. The molecule has 1 saturated heterocycles. The van der Waals surface area contributed by atoms with Crippen LogP contribution in [0.5, 0.6) is 5.75 Å². The van der Waals surface area contributed by atoms with Gasteiger partial charge in [0.15, 0.2) is 9.84 Å². The summed E-state index contributed by atoms with van der Waals surface area (Å²) < 4.78 is 59.0. The number of sulfonamides is 1. The second kappa shape index (κ2) is 8.60. The van der Waals surface area contributed by atoms with Gasteiger partial charge in [0.25, 0.3) is 10.0 Å². The quantitative estimate of drug-likeness (QED) is 0.603. The van der Waals surface area contributed by atoms with Gasteiger partial charge in [-0.3, -0.25) is 4.72 Å². The van der Waals surface area contributed by atoms with Gasteiger partial charge in [-0.05, 0) is 56.3 Å². The Hall–Kier alpha value is -2.30.